The van der Waals surface area contributed by atoms with Gasteiger partial charge in [-0.1, -0.05) is 18.2 Å². The van der Waals surface area contributed by atoms with Crippen molar-refractivity contribution in [2.75, 3.05) is 0 Å². The highest BCUT2D eigenvalue weighted by Gasteiger charge is 2.23. The zero-order valence-electron chi connectivity index (χ0n) is 9.27. The number of rotatable bonds is 4. The Morgan fingerprint density at radius 3 is 2.61 bits per heavy atom. The van der Waals surface area contributed by atoms with E-state index in [4.69, 9.17) is 0 Å². The minimum Gasteiger partial charge on any atom is -0.481 e. The topological polar surface area (TPSA) is 37.3 Å². The highest BCUT2D eigenvalue weighted by molar-refractivity contribution is 9.11. The molecule has 1 unspecified atom stereocenters. The van der Waals surface area contributed by atoms with E-state index in [2.05, 4.69) is 15.9 Å². The first-order valence-corrected chi connectivity index (χ1v) is 6.90. The van der Waals surface area contributed by atoms with Gasteiger partial charge >= 0.3 is 5.97 Å². The van der Waals surface area contributed by atoms with Crippen molar-refractivity contribution in [1.82, 2.24) is 0 Å². The van der Waals surface area contributed by atoms with E-state index in [1.54, 1.807) is 12.1 Å². The van der Waals surface area contributed by atoms with E-state index in [1.165, 1.54) is 23.5 Å². The lowest BCUT2D eigenvalue weighted by Crippen LogP contribution is -2.15. The fourth-order valence-electron chi connectivity index (χ4n) is 1.75. The minimum atomic E-state index is -1.01. The molecular weight excluding hydrogens is 319 g/mol. The van der Waals surface area contributed by atoms with E-state index in [0.717, 1.165) is 8.66 Å². The normalized spacial score (nSPS) is 12.3. The third kappa shape index (κ3) is 2.97. The van der Waals surface area contributed by atoms with Crippen LogP contribution in [0.5, 0.6) is 0 Å². The Morgan fingerprint density at radius 1 is 1.33 bits per heavy atom. The van der Waals surface area contributed by atoms with Crippen LogP contribution in [0.3, 0.4) is 0 Å². The Balaban J connectivity index is 2.30. The van der Waals surface area contributed by atoms with Crippen LogP contribution in [0, 0.1) is 5.82 Å². The molecule has 1 N–H and O–H groups in total. The Labute approximate surface area is 116 Å². The number of thiophene rings is 1. The molecule has 0 aliphatic heterocycles. The summed E-state index contributed by atoms with van der Waals surface area (Å²) in [4.78, 5) is 12.2. The number of hydrogen-bond donors (Lipinski definition) is 1. The molecule has 94 valence electrons. The van der Waals surface area contributed by atoms with Gasteiger partial charge in [-0.25, -0.2) is 4.39 Å². The predicted octanol–water partition coefficient (Wildman–Crippen LogP) is 4.06. The summed E-state index contributed by atoms with van der Waals surface area (Å²) in [6.45, 7) is 0. The van der Waals surface area contributed by atoms with Crippen LogP contribution in [0.25, 0.3) is 0 Å². The zero-order chi connectivity index (χ0) is 13.1. The van der Waals surface area contributed by atoms with Gasteiger partial charge in [-0.05, 0) is 40.5 Å². The molecule has 1 atom stereocenters. The zero-order valence-corrected chi connectivity index (χ0v) is 11.7. The first-order chi connectivity index (χ1) is 8.58. The fraction of sp³-hybridized carbons (Fsp3) is 0.154. The number of benzene rings is 1. The Bertz CT molecular complexity index is 568. The second-order valence-electron chi connectivity index (χ2n) is 3.82. The largest absolute Gasteiger partial charge is 0.481 e. The van der Waals surface area contributed by atoms with Gasteiger partial charge in [-0.15, -0.1) is 11.3 Å². The maximum atomic E-state index is 13.6. The molecule has 0 saturated heterocycles. The highest BCUT2D eigenvalue weighted by Crippen LogP contribution is 2.29. The molecule has 0 aliphatic carbocycles. The number of hydrogen-bond acceptors (Lipinski definition) is 2. The van der Waals surface area contributed by atoms with E-state index >= 15 is 0 Å². The lowest BCUT2D eigenvalue weighted by atomic mass is 9.95. The number of aliphatic carboxylic acids is 1. The Hall–Kier alpha value is -1.20. The van der Waals surface area contributed by atoms with Gasteiger partial charge < -0.3 is 5.11 Å². The highest BCUT2D eigenvalue weighted by atomic mass is 79.9. The average Bonchev–Trinajstić information content (AvgIpc) is 2.73. The molecule has 1 heterocycles. The van der Waals surface area contributed by atoms with Crippen molar-refractivity contribution in [3.05, 3.63) is 56.4 Å². The van der Waals surface area contributed by atoms with Gasteiger partial charge in [-0.3, -0.25) is 4.79 Å². The lowest BCUT2D eigenvalue weighted by Gasteiger charge is -2.12. The van der Waals surface area contributed by atoms with Crippen molar-refractivity contribution < 1.29 is 14.3 Å². The SMILES string of the molecule is O=C(O)C(Cc1ccc(Br)s1)c1ccccc1F. The van der Waals surface area contributed by atoms with Crippen LogP contribution in [0.1, 0.15) is 16.4 Å². The maximum Gasteiger partial charge on any atom is 0.311 e. The van der Waals surface area contributed by atoms with Gasteiger partial charge in [0.2, 0.25) is 0 Å². The standard InChI is InChI=1S/C13H10BrFO2S/c14-12-6-5-8(18-12)7-10(13(16)17)9-3-1-2-4-11(9)15/h1-6,10H,7H2,(H,16,17). The third-order valence-corrected chi connectivity index (χ3v) is 4.26. The summed E-state index contributed by atoms with van der Waals surface area (Å²) in [5.41, 5.74) is 0.231. The first kappa shape index (κ1) is 13.2. The second-order valence-corrected chi connectivity index (χ2v) is 6.37. The van der Waals surface area contributed by atoms with Crippen molar-refractivity contribution in [2.24, 2.45) is 0 Å². The van der Waals surface area contributed by atoms with Crippen LogP contribution in [0.4, 0.5) is 4.39 Å². The van der Waals surface area contributed by atoms with Crippen molar-refractivity contribution in [3.8, 4) is 0 Å². The summed E-state index contributed by atoms with van der Waals surface area (Å²) >= 11 is 4.79. The molecule has 18 heavy (non-hydrogen) atoms. The summed E-state index contributed by atoms with van der Waals surface area (Å²) in [6.07, 6.45) is 0.298. The van der Waals surface area contributed by atoms with Crippen LogP contribution in [0.2, 0.25) is 0 Å². The first-order valence-electron chi connectivity index (χ1n) is 5.29. The van der Waals surface area contributed by atoms with Gasteiger partial charge in [0.25, 0.3) is 0 Å². The molecule has 0 saturated carbocycles. The molecular formula is C13H10BrFO2S. The quantitative estimate of drug-likeness (QED) is 0.918. The summed E-state index contributed by atoms with van der Waals surface area (Å²) in [7, 11) is 0. The van der Waals surface area contributed by atoms with E-state index in [1.807, 2.05) is 12.1 Å². The number of halogens is 2. The second kappa shape index (κ2) is 5.63. The van der Waals surface area contributed by atoms with Gasteiger partial charge in [0.1, 0.15) is 5.82 Å². The van der Waals surface area contributed by atoms with Gasteiger partial charge in [0.05, 0.1) is 9.70 Å². The van der Waals surface area contributed by atoms with E-state index < -0.39 is 17.7 Å². The summed E-state index contributed by atoms with van der Waals surface area (Å²) in [5, 5.41) is 9.25. The van der Waals surface area contributed by atoms with Crippen molar-refractivity contribution in [1.29, 1.82) is 0 Å². The molecule has 2 rings (SSSR count). The molecule has 0 bridgehead atoms. The lowest BCUT2D eigenvalue weighted by molar-refractivity contribution is -0.138. The monoisotopic (exact) mass is 328 g/mol. The molecule has 5 heteroatoms. The molecule has 0 aliphatic rings. The molecule has 0 fully saturated rings. The van der Waals surface area contributed by atoms with E-state index in [-0.39, 0.29) is 5.56 Å². The number of carboxylic acid groups (broad SMARTS) is 1. The molecule has 0 spiro atoms. The van der Waals surface area contributed by atoms with Crippen LogP contribution in [-0.4, -0.2) is 11.1 Å². The van der Waals surface area contributed by atoms with Crippen LogP contribution < -0.4 is 0 Å². The summed E-state index contributed by atoms with van der Waals surface area (Å²) < 4.78 is 14.6. The van der Waals surface area contributed by atoms with Gasteiger partial charge in [0.15, 0.2) is 0 Å². The number of carbonyl (C=O) groups is 1. The van der Waals surface area contributed by atoms with Crippen molar-refractivity contribution in [2.45, 2.75) is 12.3 Å². The minimum absolute atomic E-state index is 0.231. The van der Waals surface area contributed by atoms with Crippen molar-refractivity contribution in [3.63, 3.8) is 0 Å². The smallest absolute Gasteiger partial charge is 0.311 e. The molecule has 1 aromatic heterocycles. The van der Waals surface area contributed by atoms with Gasteiger partial charge in [-0.2, -0.15) is 0 Å². The van der Waals surface area contributed by atoms with Crippen LogP contribution in [-0.2, 0) is 11.2 Å². The molecule has 2 nitrogen and oxygen atoms in total. The number of carboxylic acids is 1. The fourth-order valence-corrected chi connectivity index (χ4v) is 3.28. The molecule has 0 amide bonds. The van der Waals surface area contributed by atoms with Crippen molar-refractivity contribution >= 4 is 33.2 Å². The molecule has 1 aromatic carbocycles. The van der Waals surface area contributed by atoms with Crippen LogP contribution in [0.15, 0.2) is 40.2 Å². The predicted molar refractivity (Wildman–Crippen MR) is 72.5 cm³/mol. The molecule has 2 aromatic rings. The van der Waals surface area contributed by atoms with E-state index in [9.17, 15) is 14.3 Å². The van der Waals surface area contributed by atoms with Gasteiger partial charge in [0, 0.05) is 10.4 Å². The average molecular weight is 329 g/mol. The summed E-state index contributed by atoms with van der Waals surface area (Å²) in [5.74, 6) is -2.33. The Morgan fingerprint density at radius 2 is 2.06 bits per heavy atom. The molecule has 0 radical (unpaired) electrons. The van der Waals surface area contributed by atoms with Crippen LogP contribution >= 0.6 is 27.3 Å². The maximum absolute atomic E-state index is 13.6. The summed E-state index contributed by atoms with van der Waals surface area (Å²) in [6, 6.07) is 9.73. The third-order valence-electron chi connectivity index (χ3n) is 2.61. The van der Waals surface area contributed by atoms with E-state index in [0.29, 0.717) is 6.42 Å². The Kier molecular flexibility index (Phi) is 4.14.